The van der Waals surface area contributed by atoms with Crippen molar-refractivity contribution in [3.63, 3.8) is 0 Å². The Morgan fingerprint density at radius 1 is 0.821 bits per heavy atom. The van der Waals surface area contributed by atoms with Crippen LogP contribution in [0.5, 0.6) is 0 Å². The van der Waals surface area contributed by atoms with Crippen molar-refractivity contribution in [1.29, 1.82) is 0 Å². The van der Waals surface area contributed by atoms with Crippen LogP contribution in [0.25, 0.3) is 22.3 Å². The number of anilines is 1. The van der Waals surface area contributed by atoms with Gasteiger partial charge in [0.2, 0.25) is 0 Å². The molecule has 3 aromatic carbocycles. The summed E-state index contributed by atoms with van der Waals surface area (Å²) >= 11 is 0. The van der Waals surface area contributed by atoms with Crippen molar-refractivity contribution < 1.29 is 9.21 Å². The number of rotatable bonds is 3. The van der Waals surface area contributed by atoms with Crippen LogP contribution < -0.4 is 10.7 Å². The van der Waals surface area contributed by atoms with Crippen LogP contribution in [-0.4, -0.2) is 5.91 Å². The van der Waals surface area contributed by atoms with Crippen molar-refractivity contribution in [1.82, 2.24) is 0 Å². The van der Waals surface area contributed by atoms with Gasteiger partial charge in [-0.25, -0.2) is 0 Å². The Morgan fingerprint density at radius 3 is 2.14 bits per heavy atom. The Hall–Kier alpha value is -3.66. The molecule has 1 amide bonds. The van der Waals surface area contributed by atoms with Gasteiger partial charge in [-0.1, -0.05) is 47.5 Å². The molecule has 0 atom stereocenters. The maximum Gasteiger partial charge on any atom is 0.255 e. The largest absolute Gasteiger partial charge is 0.456 e. The highest BCUT2D eigenvalue weighted by molar-refractivity contribution is 6.05. The summed E-state index contributed by atoms with van der Waals surface area (Å²) in [6, 6.07) is 21.7. The molecule has 138 valence electrons. The minimum atomic E-state index is -0.222. The zero-order valence-corrected chi connectivity index (χ0v) is 15.7. The number of hydrogen-bond acceptors (Lipinski definition) is 3. The van der Waals surface area contributed by atoms with E-state index in [0.29, 0.717) is 28.0 Å². The maximum atomic E-state index is 12.6. The van der Waals surface area contributed by atoms with Gasteiger partial charge in [0.25, 0.3) is 5.91 Å². The van der Waals surface area contributed by atoms with Gasteiger partial charge in [0, 0.05) is 22.9 Å². The molecule has 0 fully saturated rings. The smallest absolute Gasteiger partial charge is 0.255 e. The number of fused-ring (bicyclic) bond motifs is 1. The number of carbonyl (C=O) groups excluding carboxylic acids is 1. The number of hydrogen-bond donors (Lipinski definition) is 1. The summed E-state index contributed by atoms with van der Waals surface area (Å²) in [5, 5.41) is 3.26. The molecule has 0 spiro atoms. The average Bonchev–Trinajstić information content (AvgIpc) is 2.69. The zero-order chi connectivity index (χ0) is 19.7. The van der Waals surface area contributed by atoms with Crippen LogP contribution in [0, 0.1) is 13.8 Å². The van der Waals surface area contributed by atoms with E-state index in [0.717, 1.165) is 16.7 Å². The Kier molecular flexibility index (Phi) is 4.53. The molecular weight excluding hydrogens is 350 g/mol. The molecule has 0 unspecified atom stereocenters. The summed E-state index contributed by atoms with van der Waals surface area (Å²) in [5.74, 6) is 0.300. The fraction of sp³-hybridized carbons (Fsp3) is 0.0833. The Labute approximate surface area is 162 Å². The molecule has 28 heavy (non-hydrogen) atoms. The first kappa shape index (κ1) is 17.7. The Bertz CT molecular complexity index is 1220. The molecule has 0 aliphatic rings. The fourth-order valence-corrected chi connectivity index (χ4v) is 3.00. The van der Waals surface area contributed by atoms with Gasteiger partial charge in [0.05, 0.1) is 5.39 Å². The van der Waals surface area contributed by atoms with E-state index in [-0.39, 0.29) is 11.3 Å². The summed E-state index contributed by atoms with van der Waals surface area (Å²) < 4.78 is 5.91. The molecular formula is C24H19NO3. The van der Waals surface area contributed by atoms with E-state index in [2.05, 4.69) is 5.32 Å². The monoisotopic (exact) mass is 369 g/mol. The second-order valence-electron chi connectivity index (χ2n) is 6.87. The topological polar surface area (TPSA) is 59.3 Å². The maximum absolute atomic E-state index is 12.6. The molecule has 0 aliphatic carbocycles. The lowest BCUT2D eigenvalue weighted by molar-refractivity contribution is 0.102. The third kappa shape index (κ3) is 3.58. The van der Waals surface area contributed by atoms with Crippen LogP contribution in [0.2, 0.25) is 0 Å². The van der Waals surface area contributed by atoms with Crippen molar-refractivity contribution in [2.45, 2.75) is 13.8 Å². The average molecular weight is 369 g/mol. The quantitative estimate of drug-likeness (QED) is 0.531. The molecule has 1 N–H and O–H groups in total. The molecule has 0 bridgehead atoms. The molecule has 4 nitrogen and oxygen atoms in total. The molecule has 0 saturated carbocycles. The standard InChI is InChI=1S/C24H19NO3/c1-15-3-7-17(8-4-15)23-14-21(26)20-13-19(11-12-22(20)28-23)25-24(27)18-9-5-16(2)6-10-18/h3-14H,1-2H3,(H,25,27). The van der Waals surface area contributed by atoms with Gasteiger partial charge in [-0.2, -0.15) is 0 Å². The lowest BCUT2D eigenvalue weighted by Crippen LogP contribution is -2.12. The van der Waals surface area contributed by atoms with Gasteiger partial charge in [0.1, 0.15) is 11.3 Å². The summed E-state index contributed by atoms with van der Waals surface area (Å²) in [5.41, 5.74) is 4.52. The minimum absolute atomic E-state index is 0.150. The van der Waals surface area contributed by atoms with Crippen LogP contribution in [0.4, 0.5) is 5.69 Å². The predicted molar refractivity (Wildman–Crippen MR) is 112 cm³/mol. The highest BCUT2D eigenvalue weighted by Crippen LogP contribution is 2.24. The SMILES string of the molecule is Cc1ccc(C(=O)Nc2ccc3oc(-c4ccc(C)cc4)cc(=O)c3c2)cc1. The lowest BCUT2D eigenvalue weighted by Gasteiger charge is -2.08. The van der Waals surface area contributed by atoms with Gasteiger partial charge in [-0.05, 0) is 44.2 Å². The molecule has 0 radical (unpaired) electrons. The minimum Gasteiger partial charge on any atom is -0.456 e. The molecule has 4 rings (SSSR count). The first-order valence-corrected chi connectivity index (χ1v) is 9.02. The number of benzene rings is 3. The van der Waals surface area contributed by atoms with Gasteiger partial charge in [-0.15, -0.1) is 0 Å². The number of aryl methyl sites for hydroxylation is 2. The normalized spacial score (nSPS) is 10.8. The summed E-state index contributed by atoms with van der Waals surface area (Å²) in [4.78, 5) is 25.0. The molecule has 4 aromatic rings. The third-order valence-electron chi connectivity index (χ3n) is 4.63. The van der Waals surface area contributed by atoms with Gasteiger partial charge in [0.15, 0.2) is 5.43 Å². The lowest BCUT2D eigenvalue weighted by atomic mass is 10.1. The summed E-state index contributed by atoms with van der Waals surface area (Å²) in [6.07, 6.45) is 0. The Balaban J connectivity index is 1.66. The van der Waals surface area contributed by atoms with Crippen LogP contribution in [0.3, 0.4) is 0 Å². The predicted octanol–water partition coefficient (Wildman–Crippen LogP) is 5.33. The number of amides is 1. The van der Waals surface area contributed by atoms with E-state index in [4.69, 9.17) is 4.42 Å². The molecule has 0 aliphatic heterocycles. The van der Waals surface area contributed by atoms with Crippen molar-refractivity contribution >= 4 is 22.6 Å². The number of carbonyl (C=O) groups is 1. The van der Waals surface area contributed by atoms with E-state index >= 15 is 0 Å². The first-order chi connectivity index (χ1) is 13.5. The second kappa shape index (κ2) is 7.16. The third-order valence-corrected chi connectivity index (χ3v) is 4.63. The first-order valence-electron chi connectivity index (χ1n) is 9.02. The van der Waals surface area contributed by atoms with Crippen LogP contribution in [0.1, 0.15) is 21.5 Å². The van der Waals surface area contributed by atoms with Crippen molar-refractivity contribution in [2.75, 3.05) is 5.32 Å². The Morgan fingerprint density at radius 2 is 1.46 bits per heavy atom. The van der Waals surface area contributed by atoms with E-state index < -0.39 is 0 Å². The van der Waals surface area contributed by atoms with Gasteiger partial charge < -0.3 is 9.73 Å². The molecule has 0 saturated heterocycles. The molecule has 1 aromatic heterocycles. The summed E-state index contributed by atoms with van der Waals surface area (Å²) in [6.45, 7) is 3.97. The second-order valence-corrected chi connectivity index (χ2v) is 6.87. The van der Waals surface area contributed by atoms with E-state index in [1.165, 1.54) is 6.07 Å². The van der Waals surface area contributed by atoms with E-state index in [1.807, 2.05) is 50.2 Å². The zero-order valence-electron chi connectivity index (χ0n) is 15.7. The highest BCUT2D eigenvalue weighted by atomic mass is 16.3. The van der Waals surface area contributed by atoms with Gasteiger partial charge in [-0.3, -0.25) is 9.59 Å². The van der Waals surface area contributed by atoms with Gasteiger partial charge >= 0.3 is 0 Å². The van der Waals surface area contributed by atoms with Crippen LogP contribution in [0.15, 0.2) is 82.0 Å². The highest BCUT2D eigenvalue weighted by Gasteiger charge is 2.10. The van der Waals surface area contributed by atoms with Crippen molar-refractivity contribution in [2.24, 2.45) is 0 Å². The van der Waals surface area contributed by atoms with E-state index in [9.17, 15) is 9.59 Å². The van der Waals surface area contributed by atoms with E-state index in [1.54, 1.807) is 30.3 Å². The van der Waals surface area contributed by atoms with Crippen molar-refractivity contribution in [3.05, 3.63) is 99.7 Å². The number of nitrogens with one attached hydrogen (secondary N) is 1. The van der Waals surface area contributed by atoms with Crippen LogP contribution in [-0.2, 0) is 0 Å². The molecule has 1 heterocycles. The van der Waals surface area contributed by atoms with Crippen molar-refractivity contribution in [3.8, 4) is 11.3 Å². The summed E-state index contributed by atoms with van der Waals surface area (Å²) in [7, 11) is 0. The van der Waals surface area contributed by atoms with Crippen LogP contribution >= 0.6 is 0 Å². The molecule has 4 heteroatoms. The fourth-order valence-electron chi connectivity index (χ4n) is 3.00.